The summed E-state index contributed by atoms with van der Waals surface area (Å²) in [7, 11) is 1.62. The number of aryl methyl sites for hydroxylation is 1. The van der Waals surface area contributed by atoms with Gasteiger partial charge in [-0.05, 0) is 36.8 Å². The highest BCUT2D eigenvalue weighted by Crippen LogP contribution is 2.27. The Balaban J connectivity index is 2.30. The molecule has 0 aliphatic rings. The van der Waals surface area contributed by atoms with Gasteiger partial charge in [-0.25, -0.2) is 3.96 Å². The molecule has 0 saturated carbocycles. The number of methoxy groups -OCH3 is 1. The van der Waals surface area contributed by atoms with Crippen molar-refractivity contribution in [1.82, 2.24) is 3.96 Å². The molecule has 0 spiro atoms. The average molecular weight is 271 g/mol. The van der Waals surface area contributed by atoms with E-state index >= 15 is 0 Å². The first-order valence-corrected chi connectivity index (χ1v) is 6.74. The number of para-hydroxylation sites is 1. The number of hydrogen-bond donors (Lipinski definition) is 0. The second-order valence-electron chi connectivity index (χ2n) is 4.34. The molecule has 0 amide bonds. The lowest BCUT2D eigenvalue weighted by atomic mass is 10.2. The van der Waals surface area contributed by atoms with Crippen LogP contribution < -0.4 is 10.3 Å². The highest BCUT2D eigenvalue weighted by atomic mass is 32.1. The minimum atomic E-state index is 0.00417. The third-order valence-corrected chi connectivity index (χ3v) is 4.19. The van der Waals surface area contributed by atoms with Crippen LogP contribution in [0.15, 0.2) is 47.3 Å². The van der Waals surface area contributed by atoms with E-state index < -0.39 is 0 Å². The third-order valence-electron chi connectivity index (χ3n) is 3.09. The molecule has 0 aliphatic carbocycles. The van der Waals surface area contributed by atoms with Gasteiger partial charge in [0.15, 0.2) is 0 Å². The lowest BCUT2D eigenvalue weighted by molar-refractivity contribution is 0.412. The molecule has 1 heterocycles. The molecule has 0 radical (unpaired) electrons. The number of benzene rings is 2. The summed E-state index contributed by atoms with van der Waals surface area (Å²) >= 11 is 1.46. The second-order valence-corrected chi connectivity index (χ2v) is 5.33. The molecule has 2 aromatic carbocycles. The summed E-state index contributed by atoms with van der Waals surface area (Å²) in [6.07, 6.45) is 0. The number of nitrogens with zero attached hydrogens (tertiary/aromatic N) is 1. The summed E-state index contributed by atoms with van der Waals surface area (Å²) in [5.74, 6) is 0.752. The van der Waals surface area contributed by atoms with Crippen molar-refractivity contribution in [2.75, 3.05) is 7.11 Å². The van der Waals surface area contributed by atoms with Crippen LogP contribution in [-0.4, -0.2) is 11.1 Å². The molecule has 0 bridgehead atoms. The maximum Gasteiger partial charge on any atom is 0.273 e. The van der Waals surface area contributed by atoms with Gasteiger partial charge in [0, 0.05) is 0 Å². The zero-order valence-electron chi connectivity index (χ0n) is 10.7. The Hall–Kier alpha value is -2.07. The van der Waals surface area contributed by atoms with Crippen molar-refractivity contribution in [3.05, 3.63) is 58.4 Å². The third kappa shape index (κ3) is 1.94. The molecule has 0 atom stereocenters. The van der Waals surface area contributed by atoms with Gasteiger partial charge in [-0.2, -0.15) is 0 Å². The molecule has 0 N–H and O–H groups in total. The van der Waals surface area contributed by atoms with Crippen molar-refractivity contribution < 1.29 is 4.74 Å². The summed E-state index contributed by atoms with van der Waals surface area (Å²) in [6, 6.07) is 13.5. The molecule has 3 aromatic rings. The summed E-state index contributed by atoms with van der Waals surface area (Å²) in [6.45, 7) is 1.98. The van der Waals surface area contributed by atoms with Gasteiger partial charge in [-0.15, -0.1) is 0 Å². The van der Waals surface area contributed by atoms with Crippen molar-refractivity contribution in [3.8, 4) is 11.4 Å². The zero-order valence-corrected chi connectivity index (χ0v) is 11.5. The lowest BCUT2D eigenvalue weighted by Crippen LogP contribution is -2.10. The Labute approximate surface area is 114 Å². The standard InChI is InChI=1S/C15H13NO2S/c1-10-8-14-12(9-13(10)18-2)15(17)16(19-14)11-6-4-3-5-7-11/h3-9H,1-2H3. The SMILES string of the molecule is COc1cc2c(=O)n(-c3ccccc3)sc2cc1C. The fraction of sp³-hybridized carbons (Fsp3) is 0.133. The average Bonchev–Trinajstić information content (AvgIpc) is 2.75. The summed E-state index contributed by atoms with van der Waals surface area (Å²) in [4.78, 5) is 12.4. The van der Waals surface area contributed by atoms with Gasteiger partial charge in [-0.1, -0.05) is 29.7 Å². The normalized spacial score (nSPS) is 10.8. The Morgan fingerprint density at radius 3 is 2.58 bits per heavy atom. The van der Waals surface area contributed by atoms with E-state index in [1.54, 1.807) is 11.1 Å². The molecule has 0 aliphatic heterocycles. The largest absolute Gasteiger partial charge is 0.496 e. The molecule has 3 nitrogen and oxygen atoms in total. The van der Waals surface area contributed by atoms with E-state index in [0.717, 1.165) is 21.7 Å². The van der Waals surface area contributed by atoms with Gasteiger partial charge in [0.25, 0.3) is 5.56 Å². The van der Waals surface area contributed by atoms with Gasteiger partial charge in [0.1, 0.15) is 5.75 Å². The van der Waals surface area contributed by atoms with Crippen LogP contribution in [0.4, 0.5) is 0 Å². The highest BCUT2D eigenvalue weighted by Gasteiger charge is 2.11. The number of ether oxygens (including phenoxy) is 1. The molecule has 1 aromatic heterocycles. The molecule has 3 rings (SSSR count). The first-order valence-electron chi connectivity index (χ1n) is 5.97. The van der Waals surface area contributed by atoms with Gasteiger partial charge in [0.2, 0.25) is 0 Å². The molecule has 19 heavy (non-hydrogen) atoms. The minimum Gasteiger partial charge on any atom is -0.496 e. The van der Waals surface area contributed by atoms with Crippen molar-refractivity contribution in [2.24, 2.45) is 0 Å². The molecule has 4 heteroatoms. The van der Waals surface area contributed by atoms with Crippen LogP contribution in [0.2, 0.25) is 0 Å². The van der Waals surface area contributed by atoms with Crippen LogP contribution in [0.3, 0.4) is 0 Å². The van der Waals surface area contributed by atoms with E-state index in [1.807, 2.05) is 49.4 Å². The van der Waals surface area contributed by atoms with E-state index in [4.69, 9.17) is 4.74 Å². The van der Waals surface area contributed by atoms with Crippen molar-refractivity contribution in [2.45, 2.75) is 6.92 Å². The fourth-order valence-corrected chi connectivity index (χ4v) is 3.19. The van der Waals surface area contributed by atoms with Crippen LogP contribution in [-0.2, 0) is 0 Å². The molecular weight excluding hydrogens is 258 g/mol. The van der Waals surface area contributed by atoms with E-state index in [1.165, 1.54) is 11.5 Å². The molecular formula is C15H13NO2S. The van der Waals surface area contributed by atoms with Crippen LogP contribution in [0.1, 0.15) is 5.56 Å². The Morgan fingerprint density at radius 1 is 1.16 bits per heavy atom. The molecule has 0 unspecified atom stereocenters. The van der Waals surface area contributed by atoms with Gasteiger partial charge in [0.05, 0.1) is 22.9 Å². The van der Waals surface area contributed by atoms with Gasteiger partial charge < -0.3 is 4.74 Å². The van der Waals surface area contributed by atoms with Crippen molar-refractivity contribution in [3.63, 3.8) is 0 Å². The van der Waals surface area contributed by atoms with E-state index in [0.29, 0.717) is 5.39 Å². The first kappa shape index (κ1) is 12.0. The van der Waals surface area contributed by atoms with Gasteiger partial charge in [-0.3, -0.25) is 4.79 Å². The number of aromatic nitrogens is 1. The topological polar surface area (TPSA) is 31.2 Å². The van der Waals surface area contributed by atoms with Crippen LogP contribution in [0.5, 0.6) is 5.75 Å². The Morgan fingerprint density at radius 2 is 1.89 bits per heavy atom. The van der Waals surface area contributed by atoms with E-state index in [9.17, 15) is 4.79 Å². The quantitative estimate of drug-likeness (QED) is 0.715. The van der Waals surface area contributed by atoms with E-state index in [2.05, 4.69) is 0 Å². The smallest absolute Gasteiger partial charge is 0.273 e. The van der Waals surface area contributed by atoms with Crippen LogP contribution in [0.25, 0.3) is 15.8 Å². The van der Waals surface area contributed by atoms with Crippen LogP contribution >= 0.6 is 11.5 Å². The maximum atomic E-state index is 12.4. The molecule has 0 fully saturated rings. The summed E-state index contributed by atoms with van der Waals surface area (Å²) in [5, 5.41) is 0.705. The molecule has 0 saturated heterocycles. The molecule has 96 valence electrons. The lowest BCUT2D eigenvalue weighted by Gasteiger charge is -2.02. The second kappa shape index (κ2) is 4.55. The predicted molar refractivity (Wildman–Crippen MR) is 78.7 cm³/mol. The van der Waals surface area contributed by atoms with Gasteiger partial charge >= 0.3 is 0 Å². The predicted octanol–water partition coefficient (Wildman–Crippen LogP) is 3.37. The fourth-order valence-electron chi connectivity index (χ4n) is 2.11. The number of fused-ring (bicyclic) bond motifs is 1. The number of hydrogen-bond acceptors (Lipinski definition) is 3. The van der Waals surface area contributed by atoms with Crippen LogP contribution in [0, 0.1) is 6.92 Å². The first-order chi connectivity index (χ1) is 9.20. The number of rotatable bonds is 2. The minimum absolute atomic E-state index is 0.00417. The Kier molecular flexibility index (Phi) is 2.87. The monoisotopic (exact) mass is 271 g/mol. The Bertz CT molecular complexity index is 787. The summed E-state index contributed by atoms with van der Waals surface area (Å²) in [5.41, 5.74) is 1.94. The van der Waals surface area contributed by atoms with Crippen molar-refractivity contribution in [1.29, 1.82) is 0 Å². The van der Waals surface area contributed by atoms with E-state index in [-0.39, 0.29) is 5.56 Å². The maximum absolute atomic E-state index is 12.4. The summed E-state index contributed by atoms with van der Waals surface area (Å²) < 4.78 is 7.97. The van der Waals surface area contributed by atoms with Crippen molar-refractivity contribution >= 4 is 21.6 Å². The highest BCUT2D eigenvalue weighted by molar-refractivity contribution is 7.14. The zero-order chi connectivity index (χ0) is 13.4.